The third-order valence-corrected chi connectivity index (χ3v) is 2.65. The van der Waals surface area contributed by atoms with Crippen LogP contribution in [-0.2, 0) is 9.53 Å². The molecule has 0 saturated heterocycles. The van der Waals surface area contributed by atoms with Crippen molar-refractivity contribution in [1.82, 2.24) is 0 Å². The summed E-state index contributed by atoms with van der Waals surface area (Å²) in [5.41, 5.74) is 0. The number of aldehydes is 1. The zero-order valence-electron chi connectivity index (χ0n) is 17.2. The van der Waals surface area contributed by atoms with Crippen molar-refractivity contribution >= 4 is 6.29 Å². The Morgan fingerprint density at radius 2 is 1.48 bits per heavy atom. The van der Waals surface area contributed by atoms with Crippen LogP contribution in [-0.4, -0.2) is 26.3 Å². The van der Waals surface area contributed by atoms with E-state index in [0.29, 0.717) is 12.9 Å². The highest BCUT2D eigenvalue weighted by molar-refractivity contribution is 5.71. The minimum atomic E-state index is -0.214. The Morgan fingerprint density at radius 3 is 1.76 bits per heavy atom. The Balaban J connectivity index is -0.000000365. The van der Waals surface area contributed by atoms with Gasteiger partial charge in [-0.25, -0.2) is 0 Å². The summed E-state index contributed by atoms with van der Waals surface area (Å²) >= 11 is 0. The molecule has 144 valence electrons. The predicted octanol–water partition coefficient (Wildman–Crippen LogP) is 5.35. The van der Waals surface area contributed by atoms with Gasteiger partial charge in [-0.15, -0.1) is 6.42 Å². The van der Waals surface area contributed by atoms with Gasteiger partial charge in [0, 0.05) is 6.61 Å². The lowest BCUT2D eigenvalue weighted by molar-refractivity contribution is -0.103. The number of benzene rings is 1. The largest absolute Gasteiger partial charge is 0.497 e. The van der Waals surface area contributed by atoms with Gasteiger partial charge in [0.1, 0.15) is 11.5 Å². The maximum Gasteiger partial charge on any atom is 0.196 e. The molecule has 0 fully saturated rings. The van der Waals surface area contributed by atoms with E-state index < -0.39 is 0 Å². The van der Waals surface area contributed by atoms with Crippen molar-refractivity contribution < 1.29 is 19.0 Å². The number of hydrogen-bond donors (Lipinski definition) is 0. The van der Waals surface area contributed by atoms with Crippen molar-refractivity contribution in [2.75, 3.05) is 13.7 Å². The molecule has 0 heterocycles. The van der Waals surface area contributed by atoms with Gasteiger partial charge in [-0.2, -0.15) is 0 Å². The third kappa shape index (κ3) is 22.0. The summed E-state index contributed by atoms with van der Waals surface area (Å²) in [6, 6.07) is 7.42. The molecule has 0 aliphatic carbocycles. The molecular weight excluding hydrogens is 316 g/mol. The highest BCUT2D eigenvalue weighted by Gasteiger charge is 2.02. The zero-order chi connectivity index (χ0) is 20.1. The molecule has 4 heteroatoms. The van der Waals surface area contributed by atoms with Gasteiger partial charge in [-0.1, -0.05) is 41.0 Å². The fraction of sp³-hybridized carbons (Fsp3) is 0.571. The van der Waals surface area contributed by atoms with Crippen molar-refractivity contribution in [3.63, 3.8) is 0 Å². The first-order chi connectivity index (χ1) is 11.9. The van der Waals surface area contributed by atoms with Gasteiger partial charge in [-0.3, -0.25) is 4.79 Å². The minimum Gasteiger partial charge on any atom is -0.497 e. The second-order valence-electron chi connectivity index (χ2n) is 4.90. The summed E-state index contributed by atoms with van der Waals surface area (Å²) in [7, 11) is 1.64. The Bertz CT molecular complexity index is 419. The van der Waals surface area contributed by atoms with Crippen LogP contribution in [0, 0.1) is 18.3 Å². The van der Waals surface area contributed by atoms with Crippen LogP contribution in [0.4, 0.5) is 0 Å². The maximum absolute atomic E-state index is 8.94. The van der Waals surface area contributed by atoms with E-state index in [9.17, 15) is 0 Å². The van der Waals surface area contributed by atoms with Crippen molar-refractivity contribution in [3.8, 4) is 23.8 Å². The number of carbonyl (C=O) groups is 1. The molecular formula is C21H36O4. The van der Waals surface area contributed by atoms with E-state index in [1.54, 1.807) is 13.0 Å². The lowest BCUT2D eigenvalue weighted by Crippen LogP contribution is -2.15. The average molecular weight is 353 g/mol. The van der Waals surface area contributed by atoms with Crippen molar-refractivity contribution in [2.24, 2.45) is 5.92 Å². The molecule has 0 aliphatic heterocycles. The van der Waals surface area contributed by atoms with Gasteiger partial charge < -0.3 is 14.2 Å². The predicted molar refractivity (Wildman–Crippen MR) is 106 cm³/mol. The molecule has 25 heavy (non-hydrogen) atoms. The first-order valence-corrected chi connectivity index (χ1v) is 8.77. The van der Waals surface area contributed by atoms with Crippen molar-refractivity contribution in [1.29, 1.82) is 0 Å². The van der Waals surface area contributed by atoms with E-state index in [0.717, 1.165) is 17.4 Å². The second kappa shape index (κ2) is 22.0. The van der Waals surface area contributed by atoms with Crippen LogP contribution in [0.25, 0.3) is 0 Å². The minimum absolute atomic E-state index is 0.214. The van der Waals surface area contributed by atoms with Gasteiger partial charge in [0.25, 0.3) is 0 Å². The fourth-order valence-corrected chi connectivity index (χ4v) is 1.11. The molecule has 1 rings (SSSR count). The molecule has 0 N–H and O–H groups in total. The quantitative estimate of drug-likeness (QED) is 0.393. The normalized spacial score (nSPS) is 9.60. The van der Waals surface area contributed by atoms with Crippen molar-refractivity contribution in [2.45, 2.75) is 61.2 Å². The van der Waals surface area contributed by atoms with Gasteiger partial charge >= 0.3 is 0 Å². The number of methoxy groups -OCH3 is 1. The molecule has 0 spiro atoms. The van der Waals surface area contributed by atoms with Gasteiger partial charge in [-0.05, 0) is 50.0 Å². The Hall–Kier alpha value is -1.99. The first-order valence-electron chi connectivity index (χ1n) is 8.77. The Kier molecular flexibility index (Phi) is 24.5. The SMILES string of the molecule is C#CC=O.CC.CCC(C)C.CCOC(C)Oc1ccc(OC)cc1. The zero-order valence-corrected chi connectivity index (χ0v) is 17.2. The summed E-state index contributed by atoms with van der Waals surface area (Å²) in [5, 5.41) is 0. The second-order valence-corrected chi connectivity index (χ2v) is 4.90. The maximum atomic E-state index is 8.94. The van der Waals surface area contributed by atoms with Crippen LogP contribution in [0.3, 0.4) is 0 Å². The first kappa shape index (κ1) is 27.8. The van der Waals surface area contributed by atoms with E-state index >= 15 is 0 Å². The standard InChI is InChI=1S/C11H16O3.C5H12.C3H2O.C2H6/c1-4-13-9(2)14-11-7-5-10(12-3)6-8-11;1-4-5(2)3;1-2-3-4;1-2/h5-9H,4H2,1-3H3;5H,4H2,1-3H3;1,3H;1-2H3. The van der Waals surface area contributed by atoms with Crippen LogP contribution >= 0.6 is 0 Å². The van der Waals surface area contributed by atoms with Crippen LogP contribution in [0.5, 0.6) is 11.5 Å². The molecule has 1 aromatic carbocycles. The number of ether oxygens (including phenoxy) is 3. The molecule has 0 aliphatic rings. The Morgan fingerprint density at radius 1 is 1.08 bits per heavy atom. The van der Waals surface area contributed by atoms with Crippen LogP contribution in [0.15, 0.2) is 24.3 Å². The molecule has 1 unspecified atom stereocenters. The molecule has 0 amide bonds. The van der Waals surface area contributed by atoms with E-state index in [-0.39, 0.29) is 6.29 Å². The highest BCUT2D eigenvalue weighted by Crippen LogP contribution is 2.18. The molecule has 0 bridgehead atoms. The number of carbonyl (C=O) groups excluding carboxylic acids is 1. The molecule has 0 saturated carbocycles. The lowest BCUT2D eigenvalue weighted by atomic mass is 10.2. The van der Waals surface area contributed by atoms with Crippen molar-refractivity contribution in [3.05, 3.63) is 24.3 Å². The lowest BCUT2D eigenvalue weighted by Gasteiger charge is -2.14. The smallest absolute Gasteiger partial charge is 0.196 e. The molecule has 0 radical (unpaired) electrons. The summed E-state index contributed by atoms with van der Waals surface area (Å²) in [5.74, 6) is 4.24. The summed E-state index contributed by atoms with van der Waals surface area (Å²) in [6.45, 7) is 15.1. The summed E-state index contributed by atoms with van der Waals surface area (Å²) in [4.78, 5) is 8.94. The topological polar surface area (TPSA) is 44.8 Å². The monoisotopic (exact) mass is 352 g/mol. The summed E-state index contributed by atoms with van der Waals surface area (Å²) in [6.07, 6.45) is 5.90. The number of rotatable bonds is 6. The number of terminal acetylenes is 1. The molecule has 4 nitrogen and oxygen atoms in total. The van der Waals surface area contributed by atoms with Gasteiger partial charge in [0.2, 0.25) is 0 Å². The van der Waals surface area contributed by atoms with Gasteiger partial charge in [0.15, 0.2) is 12.6 Å². The van der Waals surface area contributed by atoms with E-state index in [1.807, 2.05) is 52.0 Å². The average Bonchev–Trinajstić information content (AvgIpc) is 2.65. The van der Waals surface area contributed by atoms with E-state index in [1.165, 1.54) is 6.42 Å². The van der Waals surface area contributed by atoms with Gasteiger partial charge in [0.05, 0.1) is 7.11 Å². The molecule has 1 aromatic rings. The summed E-state index contributed by atoms with van der Waals surface area (Å²) < 4.78 is 15.8. The van der Waals surface area contributed by atoms with E-state index in [4.69, 9.17) is 19.0 Å². The van der Waals surface area contributed by atoms with E-state index in [2.05, 4.69) is 27.2 Å². The van der Waals surface area contributed by atoms with Crippen LogP contribution < -0.4 is 9.47 Å². The third-order valence-electron chi connectivity index (χ3n) is 2.65. The molecule has 0 aromatic heterocycles. The van der Waals surface area contributed by atoms with Crippen LogP contribution in [0.1, 0.15) is 54.9 Å². The van der Waals surface area contributed by atoms with Crippen LogP contribution in [0.2, 0.25) is 0 Å². The number of hydrogen-bond acceptors (Lipinski definition) is 4. The molecule has 1 atom stereocenters. The highest BCUT2D eigenvalue weighted by atomic mass is 16.7. The Labute approximate surface area is 154 Å². The fourth-order valence-electron chi connectivity index (χ4n) is 1.11.